The predicted molar refractivity (Wildman–Crippen MR) is 79.2 cm³/mol. The van der Waals surface area contributed by atoms with Crippen molar-refractivity contribution in [1.29, 1.82) is 0 Å². The fourth-order valence-electron chi connectivity index (χ4n) is 1.90. The molecule has 0 aliphatic rings. The normalized spacial score (nSPS) is 12.0. The Labute approximate surface area is 126 Å². The largest absolute Gasteiger partial charge is 0.468 e. The number of methoxy groups -OCH3 is 1. The van der Waals surface area contributed by atoms with Gasteiger partial charge in [-0.25, -0.2) is 0 Å². The summed E-state index contributed by atoms with van der Waals surface area (Å²) in [6.07, 6.45) is 1.02. The molecule has 0 bridgehead atoms. The lowest BCUT2D eigenvalue weighted by Crippen LogP contribution is -2.11. The fraction of sp³-hybridized carbons (Fsp3) is 0.562. The first-order chi connectivity index (χ1) is 10.2. The summed E-state index contributed by atoms with van der Waals surface area (Å²) in [5, 5.41) is 0. The third-order valence-electron chi connectivity index (χ3n) is 2.87. The summed E-state index contributed by atoms with van der Waals surface area (Å²) in [5.41, 5.74) is 1.02. The van der Waals surface area contributed by atoms with E-state index in [2.05, 4.69) is 0 Å². The Balaban J connectivity index is 2.52. The van der Waals surface area contributed by atoms with Crippen LogP contribution in [0, 0.1) is 0 Å². The van der Waals surface area contributed by atoms with Crippen molar-refractivity contribution in [3.63, 3.8) is 0 Å². The molecule has 1 unspecified atom stereocenters. The Kier molecular flexibility index (Phi) is 8.47. The molecule has 0 saturated carbocycles. The molecule has 0 fully saturated rings. The van der Waals surface area contributed by atoms with Gasteiger partial charge in [0.25, 0.3) is 0 Å². The Morgan fingerprint density at radius 1 is 1.29 bits per heavy atom. The number of carbonyl (C=O) groups is 1. The number of carbonyl (C=O) groups excluding carboxylic acids is 1. The molecule has 0 heterocycles. The molecule has 0 spiro atoms. The molecule has 1 aromatic carbocycles. The maximum absolute atomic E-state index is 11.3. The zero-order chi connectivity index (χ0) is 15.5. The first-order valence-corrected chi connectivity index (χ1v) is 7.20. The van der Waals surface area contributed by atoms with Gasteiger partial charge in [0.15, 0.2) is 6.79 Å². The lowest BCUT2D eigenvalue weighted by atomic mass is 10.1. The van der Waals surface area contributed by atoms with E-state index in [-0.39, 0.29) is 25.3 Å². The smallest absolute Gasteiger partial charge is 0.308 e. The maximum Gasteiger partial charge on any atom is 0.308 e. The van der Waals surface area contributed by atoms with Gasteiger partial charge in [-0.3, -0.25) is 4.79 Å². The zero-order valence-corrected chi connectivity index (χ0v) is 13.0. The van der Waals surface area contributed by atoms with Gasteiger partial charge in [-0.15, -0.1) is 0 Å². The first-order valence-electron chi connectivity index (χ1n) is 7.20. The lowest BCUT2D eigenvalue weighted by molar-refractivity contribution is -0.144. The highest BCUT2D eigenvalue weighted by molar-refractivity contribution is 5.69. The van der Waals surface area contributed by atoms with E-state index in [1.807, 2.05) is 31.2 Å². The van der Waals surface area contributed by atoms with Crippen molar-refractivity contribution in [3.8, 4) is 5.75 Å². The van der Waals surface area contributed by atoms with Crippen molar-refractivity contribution in [3.05, 3.63) is 29.8 Å². The van der Waals surface area contributed by atoms with Crippen LogP contribution in [-0.4, -0.2) is 33.1 Å². The van der Waals surface area contributed by atoms with Gasteiger partial charge in [0.05, 0.1) is 25.7 Å². The highest BCUT2D eigenvalue weighted by Crippen LogP contribution is 2.25. The third kappa shape index (κ3) is 6.60. The van der Waals surface area contributed by atoms with Crippen molar-refractivity contribution in [2.24, 2.45) is 0 Å². The number of hydrogen-bond acceptors (Lipinski definition) is 5. The van der Waals surface area contributed by atoms with Crippen LogP contribution in [0.2, 0.25) is 0 Å². The van der Waals surface area contributed by atoms with E-state index >= 15 is 0 Å². The van der Waals surface area contributed by atoms with Gasteiger partial charge in [-0.05, 0) is 31.0 Å². The molecule has 0 aliphatic heterocycles. The second-order valence-electron chi connectivity index (χ2n) is 4.45. The van der Waals surface area contributed by atoms with E-state index in [4.69, 9.17) is 18.9 Å². The summed E-state index contributed by atoms with van der Waals surface area (Å²) in [6, 6.07) is 7.70. The molecule has 0 aliphatic carbocycles. The Morgan fingerprint density at radius 2 is 2.10 bits per heavy atom. The summed E-state index contributed by atoms with van der Waals surface area (Å²) in [6.45, 7) is 4.79. The van der Waals surface area contributed by atoms with Gasteiger partial charge in [0.2, 0.25) is 0 Å². The minimum atomic E-state index is -0.232. The molecule has 21 heavy (non-hydrogen) atoms. The summed E-state index contributed by atoms with van der Waals surface area (Å²) < 4.78 is 20.9. The SMILES string of the molecule is CCOC(=O)CCOC(CC)c1cccc(OCOC)c1. The molecule has 118 valence electrons. The van der Waals surface area contributed by atoms with Gasteiger partial charge < -0.3 is 18.9 Å². The van der Waals surface area contributed by atoms with Crippen LogP contribution in [0.25, 0.3) is 0 Å². The minimum Gasteiger partial charge on any atom is -0.468 e. The van der Waals surface area contributed by atoms with Crippen LogP contribution in [0.15, 0.2) is 24.3 Å². The van der Waals surface area contributed by atoms with Crippen LogP contribution in [0.3, 0.4) is 0 Å². The van der Waals surface area contributed by atoms with Crippen molar-refractivity contribution >= 4 is 5.97 Å². The minimum absolute atomic E-state index is 0.0643. The molecule has 0 N–H and O–H groups in total. The van der Waals surface area contributed by atoms with Crippen LogP contribution in [-0.2, 0) is 19.0 Å². The number of benzene rings is 1. The third-order valence-corrected chi connectivity index (χ3v) is 2.87. The molecule has 0 saturated heterocycles. The predicted octanol–water partition coefficient (Wildman–Crippen LogP) is 3.09. The van der Waals surface area contributed by atoms with Crippen LogP contribution in [0.1, 0.15) is 38.4 Å². The molecular formula is C16H24O5. The first kappa shape index (κ1) is 17.5. The Morgan fingerprint density at radius 3 is 2.76 bits per heavy atom. The number of ether oxygens (including phenoxy) is 4. The molecule has 1 rings (SSSR count). The topological polar surface area (TPSA) is 54.0 Å². The van der Waals surface area contributed by atoms with Crippen molar-refractivity contribution in [2.75, 3.05) is 27.1 Å². The molecular weight excluding hydrogens is 272 g/mol. The average Bonchev–Trinajstić information content (AvgIpc) is 2.50. The van der Waals surface area contributed by atoms with Gasteiger partial charge >= 0.3 is 5.97 Å². The molecule has 5 heteroatoms. The van der Waals surface area contributed by atoms with Crippen LogP contribution < -0.4 is 4.74 Å². The van der Waals surface area contributed by atoms with Crippen molar-refractivity contribution in [2.45, 2.75) is 32.8 Å². The number of rotatable bonds is 10. The maximum atomic E-state index is 11.3. The molecule has 5 nitrogen and oxygen atoms in total. The highest BCUT2D eigenvalue weighted by atomic mass is 16.7. The Hall–Kier alpha value is -1.59. The Bertz CT molecular complexity index is 419. The molecule has 0 amide bonds. The molecule has 1 atom stereocenters. The average molecular weight is 296 g/mol. The summed E-state index contributed by atoms with van der Waals surface area (Å²) in [4.78, 5) is 11.3. The molecule has 0 aromatic heterocycles. The van der Waals surface area contributed by atoms with E-state index in [0.29, 0.717) is 13.2 Å². The van der Waals surface area contributed by atoms with E-state index in [0.717, 1.165) is 17.7 Å². The van der Waals surface area contributed by atoms with Gasteiger partial charge in [-0.2, -0.15) is 0 Å². The van der Waals surface area contributed by atoms with Crippen LogP contribution >= 0.6 is 0 Å². The second kappa shape index (κ2) is 10.2. The summed E-state index contributed by atoms with van der Waals surface area (Å²) >= 11 is 0. The van der Waals surface area contributed by atoms with Gasteiger partial charge in [-0.1, -0.05) is 19.1 Å². The molecule has 1 aromatic rings. The van der Waals surface area contributed by atoms with E-state index in [9.17, 15) is 4.79 Å². The van der Waals surface area contributed by atoms with E-state index < -0.39 is 0 Å². The van der Waals surface area contributed by atoms with Gasteiger partial charge in [0, 0.05) is 7.11 Å². The van der Waals surface area contributed by atoms with E-state index in [1.165, 1.54) is 0 Å². The number of esters is 1. The lowest BCUT2D eigenvalue weighted by Gasteiger charge is -2.17. The van der Waals surface area contributed by atoms with Crippen molar-refractivity contribution in [1.82, 2.24) is 0 Å². The quantitative estimate of drug-likeness (QED) is 0.490. The van der Waals surface area contributed by atoms with E-state index in [1.54, 1.807) is 14.0 Å². The summed E-state index contributed by atoms with van der Waals surface area (Å²) in [7, 11) is 1.58. The van der Waals surface area contributed by atoms with Gasteiger partial charge in [0.1, 0.15) is 5.75 Å². The van der Waals surface area contributed by atoms with Crippen LogP contribution in [0.5, 0.6) is 5.75 Å². The number of hydrogen-bond donors (Lipinski definition) is 0. The van der Waals surface area contributed by atoms with Crippen LogP contribution in [0.4, 0.5) is 0 Å². The standard InChI is InChI=1S/C16H24O5/c1-4-15(20-10-9-16(17)19-5-2)13-7-6-8-14(11-13)21-12-18-3/h6-8,11,15H,4-5,9-10,12H2,1-3H3. The zero-order valence-electron chi connectivity index (χ0n) is 13.0. The van der Waals surface area contributed by atoms with Crippen molar-refractivity contribution < 1.29 is 23.7 Å². The highest BCUT2D eigenvalue weighted by Gasteiger charge is 2.12. The monoisotopic (exact) mass is 296 g/mol. The fourth-order valence-corrected chi connectivity index (χ4v) is 1.90. The summed E-state index contributed by atoms with van der Waals surface area (Å²) in [5.74, 6) is 0.506. The second-order valence-corrected chi connectivity index (χ2v) is 4.45. The molecule has 0 radical (unpaired) electrons.